The second-order valence-electron chi connectivity index (χ2n) is 8.79. The van der Waals surface area contributed by atoms with Crippen molar-refractivity contribution in [3.8, 4) is 6.07 Å². The predicted octanol–water partition coefficient (Wildman–Crippen LogP) is 3.20. The van der Waals surface area contributed by atoms with Gasteiger partial charge in [0.2, 0.25) is 0 Å². The topological polar surface area (TPSA) is 136 Å². The number of primary amides is 1. The van der Waals surface area contributed by atoms with Crippen LogP contribution in [0.15, 0.2) is 71.5 Å². The van der Waals surface area contributed by atoms with Gasteiger partial charge in [-0.25, -0.2) is 9.38 Å². The number of piperidine rings is 1. The number of hydrogen-bond donors (Lipinski definition) is 4. The zero-order valence-corrected chi connectivity index (χ0v) is 19.3. The molecule has 1 aliphatic heterocycles. The number of nitrogens with zero attached hydrogens (tertiary/aromatic N) is 3. The molecular formula is C26H28FN7O. The normalized spacial score (nSPS) is 16.7. The minimum Gasteiger partial charge on any atom is -0.384 e. The molecule has 0 saturated carbocycles. The van der Waals surface area contributed by atoms with E-state index in [2.05, 4.69) is 44.5 Å². The Labute approximate surface area is 203 Å². The smallest absolute Gasteiger partial charge is 0.253 e. The second-order valence-corrected chi connectivity index (χ2v) is 8.79. The molecule has 1 aliphatic rings. The minimum atomic E-state index is -0.745. The quantitative estimate of drug-likeness (QED) is 0.226. The van der Waals surface area contributed by atoms with Gasteiger partial charge in [0.1, 0.15) is 11.7 Å². The molecule has 0 aliphatic carbocycles. The van der Waals surface area contributed by atoms with Gasteiger partial charge < -0.3 is 21.8 Å². The number of carbonyl (C=O) groups excluding carboxylic acids is 1. The first-order valence-corrected chi connectivity index (χ1v) is 11.4. The number of carbonyl (C=O) groups is 1. The van der Waals surface area contributed by atoms with Gasteiger partial charge in [0, 0.05) is 42.9 Å². The first-order valence-electron chi connectivity index (χ1n) is 11.4. The van der Waals surface area contributed by atoms with Crippen LogP contribution in [0.5, 0.6) is 0 Å². The molecule has 0 spiro atoms. The molecule has 8 nitrogen and oxygen atoms in total. The molecule has 180 valence electrons. The number of benzene rings is 2. The zero-order valence-electron chi connectivity index (χ0n) is 19.3. The predicted molar refractivity (Wildman–Crippen MR) is 134 cm³/mol. The summed E-state index contributed by atoms with van der Waals surface area (Å²) < 4.78 is 13.1. The Morgan fingerprint density at radius 3 is 2.63 bits per heavy atom. The number of H-pyrrole nitrogens is 1. The van der Waals surface area contributed by atoms with Crippen LogP contribution < -0.4 is 16.8 Å². The van der Waals surface area contributed by atoms with E-state index in [1.165, 1.54) is 41.4 Å². The molecule has 1 amide bonds. The summed E-state index contributed by atoms with van der Waals surface area (Å²) in [6, 6.07) is 16.0. The number of aromatic nitrogens is 1. The summed E-state index contributed by atoms with van der Waals surface area (Å²) in [4.78, 5) is 21.9. The average molecular weight is 474 g/mol. The molecule has 1 fully saturated rings. The largest absolute Gasteiger partial charge is 0.384 e. The summed E-state index contributed by atoms with van der Waals surface area (Å²) >= 11 is 0. The first kappa shape index (κ1) is 24.0. The highest BCUT2D eigenvalue weighted by Gasteiger charge is 2.34. The van der Waals surface area contributed by atoms with Gasteiger partial charge in [-0.1, -0.05) is 12.1 Å². The fraction of sp³-hybridized carbons (Fsp3) is 0.269. The second kappa shape index (κ2) is 10.4. The molecule has 1 aromatic heterocycles. The van der Waals surface area contributed by atoms with E-state index < -0.39 is 17.3 Å². The van der Waals surface area contributed by atoms with Crippen molar-refractivity contribution < 1.29 is 9.18 Å². The van der Waals surface area contributed by atoms with Crippen LogP contribution in [0.3, 0.4) is 0 Å². The molecule has 6 N–H and O–H groups in total. The summed E-state index contributed by atoms with van der Waals surface area (Å²) in [5.74, 6) is -1.23. The lowest BCUT2D eigenvalue weighted by atomic mass is 9.84. The number of nitrogens with one attached hydrogen (secondary N) is 2. The molecule has 4 rings (SSSR count). The van der Waals surface area contributed by atoms with Gasteiger partial charge in [0.25, 0.3) is 5.91 Å². The molecule has 35 heavy (non-hydrogen) atoms. The van der Waals surface area contributed by atoms with E-state index in [9.17, 15) is 14.4 Å². The Morgan fingerprint density at radius 1 is 1.20 bits per heavy atom. The number of amides is 1. The number of aromatic amines is 1. The zero-order chi connectivity index (χ0) is 24.8. The molecule has 2 heterocycles. The minimum absolute atomic E-state index is 0.00760. The Morgan fingerprint density at radius 2 is 1.94 bits per heavy atom. The number of amidine groups is 1. The van der Waals surface area contributed by atoms with Crippen molar-refractivity contribution in [1.82, 2.24) is 15.2 Å². The summed E-state index contributed by atoms with van der Waals surface area (Å²) in [6.07, 6.45) is 5.09. The summed E-state index contributed by atoms with van der Waals surface area (Å²) in [5, 5.41) is 14.0. The Balaban J connectivity index is 1.46. The molecule has 0 bridgehead atoms. The highest BCUT2D eigenvalue weighted by molar-refractivity contribution is 6.20. The summed E-state index contributed by atoms with van der Waals surface area (Å²) in [5.41, 5.74) is 13.8. The highest BCUT2D eigenvalue weighted by Crippen LogP contribution is 2.28. The van der Waals surface area contributed by atoms with Crippen molar-refractivity contribution >= 4 is 28.3 Å². The Kier molecular flexibility index (Phi) is 7.13. The molecular weight excluding hydrogens is 445 g/mol. The number of likely N-dealkylation sites (tertiary alicyclic amines) is 1. The van der Waals surface area contributed by atoms with Gasteiger partial charge in [-0.3, -0.25) is 9.69 Å². The SMILES string of the molecule is N#CCC1(N/C=C(/C(N)=O)C(N)=Nc2ccc(F)cc2)CCN(Cc2cccc3[nH]ccc23)CC1. The van der Waals surface area contributed by atoms with E-state index in [1.807, 2.05) is 12.3 Å². The monoisotopic (exact) mass is 473 g/mol. The fourth-order valence-corrected chi connectivity index (χ4v) is 4.40. The third-order valence-corrected chi connectivity index (χ3v) is 6.45. The summed E-state index contributed by atoms with van der Waals surface area (Å²) in [7, 11) is 0. The van der Waals surface area contributed by atoms with Gasteiger partial charge in [0.05, 0.1) is 29.3 Å². The van der Waals surface area contributed by atoms with Crippen molar-refractivity contribution in [1.29, 1.82) is 5.26 Å². The standard InChI is InChI=1S/C26H28FN7O/c27-19-4-6-20(7-5-19)33-24(29)22(25(30)35)16-32-26(9-12-28)10-14-34(15-11-26)17-18-2-1-3-23-21(18)8-13-31-23/h1-8,13,16,31-32H,9-11,14-15,17H2,(H2,29,33)(H2,30,35)/b22-16+. The number of nitrogens with two attached hydrogens (primary N) is 2. The van der Waals surface area contributed by atoms with Crippen LogP contribution in [0.4, 0.5) is 10.1 Å². The molecule has 9 heteroatoms. The maximum Gasteiger partial charge on any atom is 0.253 e. The Hall–Kier alpha value is -4.16. The van der Waals surface area contributed by atoms with Crippen LogP contribution in [0.2, 0.25) is 0 Å². The molecule has 1 saturated heterocycles. The molecule has 0 atom stereocenters. The van der Waals surface area contributed by atoms with Crippen molar-refractivity contribution in [3.05, 3.63) is 77.9 Å². The third-order valence-electron chi connectivity index (χ3n) is 6.45. The lowest BCUT2D eigenvalue weighted by Crippen LogP contribution is -2.51. The van der Waals surface area contributed by atoms with E-state index in [0.717, 1.165) is 25.2 Å². The fourth-order valence-electron chi connectivity index (χ4n) is 4.40. The van der Waals surface area contributed by atoms with Gasteiger partial charge in [0.15, 0.2) is 0 Å². The number of hydrogen-bond acceptors (Lipinski definition) is 5. The molecule has 0 radical (unpaired) electrons. The van der Waals surface area contributed by atoms with Gasteiger partial charge in [-0.15, -0.1) is 0 Å². The van der Waals surface area contributed by atoms with Crippen LogP contribution in [-0.4, -0.2) is 40.3 Å². The van der Waals surface area contributed by atoms with Gasteiger partial charge in [-0.2, -0.15) is 5.26 Å². The van der Waals surface area contributed by atoms with Gasteiger partial charge in [-0.05, 0) is 54.8 Å². The van der Waals surface area contributed by atoms with E-state index in [-0.39, 0.29) is 17.8 Å². The van der Waals surface area contributed by atoms with Crippen LogP contribution in [0, 0.1) is 17.1 Å². The van der Waals surface area contributed by atoms with Crippen molar-refractivity contribution in [2.24, 2.45) is 16.5 Å². The lowest BCUT2D eigenvalue weighted by Gasteiger charge is -2.41. The van der Waals surface area contributed by atoms with Crippen LogP contribution >= 0.6 is 0 Å². The third kappa shape index (κ3) is 5.67. The number of nitriles is 1. The van der Waals surface area contributed by atoms with Crippen LogP contribution in [-0.2, 0) is 11.3 Å². The number of fused-ring (bicyclic) bond motifs is 1. The van der Waals surface area contributed by atoms with Crippen molar-refractivity contribution in [2.75, 3.05) is 13.1 Å². The number of rotatable bonds is 8. The summed E-state index contributed by atoms with van der Waals surface area (Å²) in [6.45, 7) is 2.39. The van der Waals surface area contributed by atoms with E-state index in [0.29, 0.717) is 18.5 Å². The molecule has 3 aromatic rings. The Bertz CT molecular complexity index is 1300. The van der Waals surface area contributed by atoms with Crippen LogP contribution in [0.1, 0.15) is 24.8 Å². The molecule has 2 aromatic carbocycles. The maximum absolute atomic E-state index is 13.1. The maximum atomic E-state index is 13.1. The lowest BCUT2D eigenvalue weighted by molar-refractivity contribution is -0.114. The highest BCUT2D eigenvalue weighted by atomic mass is 19.1. The van der Waals surface area contributed by atoms with Crippen molar-refractivity contribution in [2.45, 2.75) is 31.3 Å². The van der Waals surface area contributed by atoms with E-state index in [4.69, 9.17) is 11.5 Å². The van der Waals surface area contributed by atoms with E-state index >= 15 is 0 Å². The van der Waals surface area contributed by atoms with Gasteiger partial charge >= 0.3 is 0 Å². The average Bonchev–Trinajstić information content (AvgIpc) is 3.32. The van der Waals surface area contributed by atoms with E-state index in [1.54, 1.807) is 0 Å². The number of halogens is 1. The molecule has 0 unspecified atom stereocenters. The van der Waals surface area contributed by atoms with Crippen LogP contribution in [0.25, 0.3) is 10.9 Å². The first-order chi connectivity index (χ1) is 16.9. The van der Waals surface area contributed by atoms with Crippen molar-refractivity contribution in [3.63, 3.8) is 0 Å². The number of aliphatic imine (C=N–C) groups is 1.